The Morgan fingerprint density at radius 1 is 1.48 bits per heavy atom. The molecule has 1 aliphatic carbocycles. The number of alkyl carbamates (subject to hydrolysis) is 1. The summed E-state index contributed by atoms with van der Waals surface area (Å²) in [7, 11) is 1.35. The van der Waals surface area contributed by atoms with Gasteiger partial charge >= 0.3 is 6.09 Å². The quantitative estimate of drug-likeness (QED) is 0.670. The number of nitro groups is 1. The number of allylic oxidation sites excluding steroid dienone is 1. The van der Waals surface area contributed by atoms with Gasteiger partial charge in [0.05, 0.1) is 17.5 Å². The summed E-state index contributed by atoms with van der Waals surface area (Å²) in [5.74, 6) is 0. The number of H-pyrrole nitrogens is 1. The maximum atomic E-state index is 11.2. The number of hydrogen-bond acceptors (Lipinski definition) is 4. The van der Waals surface area contributed by atoms with Gasteiger partial charge in [-0.1, -0.05) is 6.08 Å². The number of carbonyl (C=O) groups excluding carboxylic acids is 1. The van der Waals surface area contributed by atoms with Crippen LogP contribution < -0.4 is 5.32 Å². The molecule has 1 atom stereocenters. The second-order valence-electron chi connectivity index (χ2n) is 5.53. The highest BCUT2D eigenvalue weighted by atomic mass is 16.6. The van der Waals surface area contributed by atoms with Crippen molar-refractivity contribution in [3.63, 3.8) is 0 Å². The molecule has 0 bridgehead atoms. The Morgan fingerprint density at radius 3 is 2.96 bits per heavy atom. The van der Waals surface area contributed by atoms with E-state index in [1.165, 1.54) is 18.7 Å². The largest absolute Gasteiger partial charge is 0.453 e. The number of nitrogens with zero attached hydrogens (tertiary/aromatic N) is 1. The third-order valence-corrected chi connectivity index (χ3v) is 4.14. The molecule has 0 aliphatic heterocycles. The maximum Gasteiger partial charge on any atom is 0.407 e. The minimum absolute atomic E-state index is 0.0749. The van der Waals surface area contributed by atoms with E-state index in [4.69, 9.17) is 0 Å². The average Bonchev–Trinajstić information content (AvgIpc) is 2.98. The number of methoxy groups -OCH3 is 1. The maximum absolute atomic E-state index is 11.2. The van der Waals surface area contributed by atoms with Crippen molar-refractivity contribution in [1.29, 1.82) is 0 Å². The van der Waals surface area contributed by atoms with E-state index in [0.717, 1.165) is 35.7 Å². The van der Waals surface area contributed by atoms with E-state index in [1.807, 2.05) is 6.20 Å². The molecule has 1 aromatic carbocycles. The Kier molecular flexibility index (Phi) is 4.01. The van der Waals surface area contributed by atoms with Crippen molar-refractivity contribution in [3.05, 3.63) is 46.1 Å². The monoisotopic (exact) mass is 315 g/mol. The van der Waals surface area contributed by atoms with Crippen LogP contribution in [-0.4, -0.2) is 29.2 Å². The number of hydrogen-bond donors (Lipinski definition) is 2. The lowest BCUT2D eigenvalue weighted by Crippen LogP contribution is -2.35. The summed E-state index contributed by atoms with van der Waals surface area (Å²) in [5.41, 5.74) is 3.08. The molecule has 120 valence electrons. The number of rotatable bonds is 3. The van der Waals surface area contributed by atoms with Gasteiger partial charge in [0.15, 0.2) is 0 Å². The van der Waals surface area contributed by atoms with Crippen LogP contribution in [0.1, 0.15) is 24.8 Å². The van der Waals surface area contributed by atoms with Gasteiger partial charge in [0.2, 0.25) is 0 Å². The van der Waals surface area contributed by atoms with Gasteiger partial charge in [0.25, 0.3) is 5.69 Å². The molecule has 0 saturated carbocycles. The fraction of sp³-hybridized carbons (Fsp3) is 0.312. The van der Waals surface area contributed by atoms with Crippen molar-refractivity contribution in [1.82, 2.24) is 10.3 Å². The van der Waals surface area contributed by atoms with Gasteiger partial charge in [-0.3, -0.25) is 10.1 Å². The molecule has 7 heteroatoms. The summed E-state index contributed by atoms with van der Waals surface area (Å²) in [5, 5.41) is 14.6. The highest BCUT2D eigenvalue weighted by molar-refractivity contribution is 5.93. The van der Waals surface area contributed by atoms with Crippen molar-refractivity contribution in [3.8, 4) is 0 Å². The number of ether oxygens (including phenoxy) is 1. The van der Waals surface area contributed by atoms with E-state index in [0.29, 0.717) is 0 Å². The van der Waals surface area contributed by atoms with Gasteiger partial charge in [0.1, 0.15) is 0 Å². The number of fused-ring (bicyclic) bond motifs is 1. The van der Waals surface area contributed by atoms with Crippen LogP contribution in [0.15, 0.2) is 30.5 Å². The summed E-state index contributed by atoms with van der Waals surface area (Å²) < 4.78 is 4.61. The fourth-order valence-corrected chi connectivity index (χ4v) is 2.93. The lowest BCUT2D eigenvalue weighted by Gasteiger charge is -2.22. The van der Waals surface area contributed by atoms with Gasteiger partial charge < -0.3 is 15.0 Å². The van der Waals surface area contributed by atoms with Crippen LogP contribution in [0.4, 0.5) is 10.5 Å². The standard InChI is InChI=1S/C16H17N3O4/c1-23-16(20)18-11-4-2-10(3-5-11)14-9-17-15-8-12(19(21)22)6-7-13(14)15/h2,6-9,11,17H,3-5H2,1H3,(H,18,20). The van der Waals surface area contributed by atoms with E-state index in [1.54, 1.807) is 12.1 Å². The summed E-state index contributed by atoms with van der Waals surface area (Å²) in [6.07, 6.45) is 5.98. The van der Waals surface area contributed by atoms with Gasteiger partial charge in [0, 0.05) is 35.3 Å². The van der Waals surface area contributed by atoms with E-state index in [2.05, 4.69) is 21.1 Å². The Hall–Kier alpha value is -2.83. The number of aromatic nitrogens is 1. The number of nitrogens with one attached hydrogen (secondary N) is 2. The average molecular weight is 315 g/mol. The number of nitro benzene ring substituents is 1. The van der Waals surface area contributed by atoms with Crippen LogP contribution in [0.5, 0.6) is 0 Å². The number of amides is 1. The molecular formula is C16H17N3O4. The van der Waals surface area contributed by atoms with Crippen LogP contribution in [0, 0.1) is 10.1 Å². The second kappa shape index (κ2) is 6.12. The first kappa shape index (κ1) is 15.1. The Bertz CT molecular complexity index is 794. The summed E-state index contributed by atoms with van der Waals surface area (Å²) in [6, 6.07) is 4.92. The Morgan fingerprint density at radius 2 is 2.30 bits per heavy atom. The first-order valence-electron chi connectivity index (χ1n) is 7.38. The minimum atomic E-state index is -0.411. The Balaban J connectivity index is 1.81. The smallest absolute Gasteiger partial charge is 0.407 e. The minimum Gasteiger partial charge on any atom is -0.453 e. The summed E-state index contributed by atoms with van der Waals surface area (Å²) in [6.45, 7) is 0. The molecule has 3 rings (SSSR count). The van der Waals surface area contributed by atoms with Gasteiger partial charge in [-0.25, -0.2) is 4.79 Å². The van der Waals surface area contributed by atoms with Crippen LogP contribution >= 0.6 is 0 Å². The SMILES string of the molecule is COC(=O)NC1CC=C(c2c[nH]c3cc([N+](=O)[O-])ccc23)CC1. The molecule has 0 radical (unpaired) electrons. The van der Waals surface area contributed by atoms with Crippen molar-refractivity contribution >= 4 is 28.3 Å². The van der Waals surface area contributed by atoms with E-state index in [-0.39, 0.29) is 11.7 Å². The van der Waals surface area contributed by atoms with E-state index < -0.39 is 11.0 Å². The molecule has 1 heterocycles. The van der Waals surface area contributed by atoms with Crippen LogP contribution in [0.25, 0.3) is 16.5 Å². The molecule has 2 aromatic rings. The molecule has 0 saturated heterocycles. The zero-order valence-electron chi connectivity index (χ0n) is 12.7. The number of aromatic amines is 1. The summed E-state index contributed by atoms with van der Waals surface area (Å²) in [4.78, 5) is 24.8. The van der Waals surface area contributed by atoms with Crippen molar-refractivity contribution in [2.24, 2.45) is 0 Å². The predicted molar refractivity (Wildman–Crippen MR) is 86.1 cm³/mol. The lowest BCUT2D eigenvalue weighted by atomic mass is 9.90. The molecular weight excluding hydrogens is 298 g/mol. The number of carbonyl (C=O) groups is 1. The molecule has 0 fully saturated rings. The Labute approximate surface area is 132 Å². The highest BCUT2D eigenvalue weighted by Gasteiger charge is 2.19. The molecule has 7 nitrogen and oxygen atoms in total. The highest BCUT2D eigenvalue weighted by Crippen LogP contribution is 2.33. The van der Waals surface area contributed by atoms with Gasteiger partial charge in [-0.05, 0) is 30.9 Å². The topological polar surface area (TPSA) is 97.3 Å². The molecule has 1 aromatic heterocycles. The third-order valence-electron chi connectivity index (χ3n) is 4.14. The lowest BCUT2D eigenvalue weighted by molar-refractivity contribution is -0.384. The van der Waals surface area contributed by atoms with Crippen LogP contribution in [0.3, 0.4) is 0 Å². The van der Waals surface area contributed by atoms with Crippen molar-refractivity contribution < 1.29 is 14.5 Å². The normalized spacial score (nSPS) is 17.6. The molecule has 1 aliphatic rings. The fourth-order valence-electron chi connectivity index (χ4n) is 2.93. The van der Waals surface area contributed by atoms with Crippen molar-refractivity contribution in [2.75, 3.05) is 7.11 Å². The number of benzene rings is 1. The third kappa shape index (κ3) is 3.03. The zero-order chi connectivity index (χ0) is 16.4. The molecule has 1 amide bonds. The molecule has 2 N–H and O–H groups in total. The predicted octanol–water partition coefficient (Wildman–Crippen LogP) is 3.37. The zero-order valence-corrected chi connectivity index (χ0v) is 12.7. The second-order valence-corrected chi connectivity index (χ2v) is 5.53. The van der Waals surface area contributed by atoms with Crippen LogP contribution in [-0.2, 0) is 4.74 Å². The first-order valence-corrected chi connectivity index (χ1v) is 7.38. The van der Waals surface area contributed by atoms with Crippen molar-refractivity contribution in [2.45, 2.75) is 25.3 Å². The summed E-state index contributed by atoms with van der Waals surface area (Å²) >= 11 is 0. The molecule has 23 heavy (non-hydrogen) atoms. The number of non-ortho nitro benzene ring substituents is 1. The molecule has 0 spiro atoms. The molecule has 1 unspecified atom stereocenters. The van der Waals surface area contributed by atoms with E-state index in [9.17, 15) is 14.9 Å². The first-order chi connectivity index (χ1) is 11.1. The van der Waals surface area contributed by atoms with Gasteiger partial charge in [-0.2, -0.15) is 0 Å². The van der Waals surface area contributed by atoms with E-state index >= 15 is 0 Å². The van der Waals surface area contributed by atoms with Crippen LogP contribution in [0.2, 0.25) is 0 Å². The van der Waals surface area contributed by atoms with Gasteiger partial charge in [-0.15, -0.1) is 0 Å².